The van der Waals surface area contributed by atoms with Crippen molar-refractivity contribution in [1.82, 2.24) is 0 Å². The van der Waals surface area contributed by atoms with E-state index < -0.39 is 0 Å². The summed E-state index contributed by atoms with van der Waals surface area (Å²) in [5.41, 5.74) is 2.24. The van der Waals surface area contributed by atoms with Crippen molar-refractivity contribution in [2.45, 2.75) is 110 Å². The van der Waals surface area contributed by atoms with Gasteiger partial charge in [-0.15, -0.1) is 0 Å². The van der Waals surface area contributed by atoms with E-state index in [9.17, 15) is 4.79 Å². The zero-order valence-corrected chi connectivity index (χ0v) is 21.4. The summed E-state index contributed by atoms with van der Waals surface area (Å²) in [4.78, 5) is 11.5. The second-order valence-electron chi connectivity index (χ2n) is 13.3. The number of rotatable bonds is 1. The first-order valence-corrected chi connectivity index (χ1v) is 13.8. The van der Waals surface area contributed by atoms with Gasteiger partial charge in [-0.2, -0.15) is 0 Å². The number of fused-ring (bicyclic) bond motifs is 7. The Morgan fingerprint density at radius 1 is 1.09 bits per heavy atom. The van der Waals surface area contributed by atoms with Crippen LogP contribution in [0.3, 0.4) is 0 Å². The maximum absolute atomic E-state index is 11.5. The van der Waals surface area contributed by atoms with Gasteiger partial charge in [0.05, 0.1) is 12.7 Å². The summed E-state index contributed by atoms with van der Waals surface area (Å²) in [6.07, 6.45) is 13.6. The van der Waals surface area contributed by atoms with E-state index in [4.69, 9.17) is 14.2 Å². The van der Waals surface area contributed by atoms with Crippen molar-refractivity contribution in [3.05, 3.63) is 11.6 Å². The third-order valence-electron chi connectivity index (χ3n) is 11.7. The first-order valence-electron chi connectivity index (χ1n) is 13.8. The van der Waals surface area contributed by atoms with Gasteiger partial charge in [-0.1, -0.05) is 39.3 Å². The molecule has 0 aromatic heterocycles. The Morgan fingerprint density at radius 2 is 1.91 bits per heavy atom. The Bertz CT molecular complexity index is 841. The van der Waals surface area contributed by atoms with Crippen molar-refractivity contribution >= 4 is 5.97 Å². The summed E-state index contributed by atoms with van der Waals surface area (Å²) in [7, 11) is 0. The SMILES string of the molecule is CC(=O)O[C@H]1CC[C@@]2(C)C(=CC[C@@H]3[C@H]4C[C@H]5O[C@]6(CC[C@@H](C)CO6)[C@H](C)[C@H]5[C@@]4(C)CC[C@H]32)C1. The van der Waals surface area contributed by atoms with Crippen LogP contribution in [-0.2, 0) is 19.0 Å². The Morgan fingerprint density at radius 3 is 2.64 bits per heavy atom. The normalized spacial score (nSPS) is 55.2. The summed E-state index contributed by atoms with van der Waals surface area (Å²) >= 11 is 0. The minimum Gasteiger partial charge on any atom is -0.462 e. The summed E-state index contributed by atoms with van der Waals surface area (Å²) in [5, 5.41) is 0. The topological polar surface area (TPSA) is 44.8 Å². The van der Waals surface area contributed by atoms with Crippen molar-refractivity contribution in [2.24, 2.45) is 46.3 Å². The molecule has 1 spiro atoms. The lowest BCUT2D eigenvalue weighted by atomic mass is 9.47. The van der Waals surface area contributed by atoms with Crippen LogP contribution in [0.2, 0.25) is 0 Å². The van der Waals surface area contributed by atoms with Crippen LogP contribution in [-0.4, -0.2) is 30.6 Å². The molecule has 2 aliphatic heterocycles. The molecule has 2 saturated heterocycles. The Labute approximate surface area is 200 Å². The van der Waals surface area contributed by atoms with E-state index in [1.807, 2.05) is 0 Å². The smallest absolute Gasteiger partial charge is 0.302 e. The predicted octanol–water partition coefficient (Wildman–Crippen LogP) is 6.28. The molecule has 184 valence electrons. The Balaban J connectivity index is 1.24. The largest absolute Gasteiger partial charge is 0.462 e. The summed E-state index contributed by atoms with van der Waals surface area (Å²) in [6, 6.07) is 0. The highest BCUT2D eigenvalue weighted by Crippen LogP contribution is 2.70. The first kappa shape index (κ1) is 22.6. The fraction of sp³-hybridized carbons (Fsp3) is 0.897. The van der Waals surface area contributed by atoms with Crippen LogP contribution >= 0.6 is 0 Å². The molecular weight excluding hydrogens is 412 g/mol. The number of carbonyl (C=O) groups is 1. The zero-order valence-electron chi connectivity index (χ0n) is 21.4. The molecule has 0 amide bonds. The average molecular weight is 457 g/mol. The predicted molar refractivity (Wildman–Crippen MR) is 127 cm³/mol. The number of allylic oxidation sites excluding steroid dienone is 1. The second-order valence-corrected chi connectivity index (χ2v) is 13.3. The second kappa shape index (κ2) is 7.56. The zero-order chi connectivity index (χ0) is 23.2. The molecule has 4 heteroatoms. The van der Waals surface area contributed by atoms with Gasteiger partial charge in [0.25, 0.3) is 0 Å². The Kier molecular flexibility index (Phi) is 5.18. The van der Waals surface area contributed by atoms with Crippen LogP contribution in [0.4, 0.5) is 0 Å². The minimum absolute atomic E-state index is 0.0849. The van der Waals surface area contributed by atoms with E-state index in [0.29, 0.717) is 29.3 Å². The lowest BCUT2D eigenvalue weighted by molar-refractivity contribution is -0.272. The fourth-order valence-corrected chi connectivity index (χ4v) is 9.98. The number of carbonyl (C=O) groups excluding carboxylic acids is 1. The van der Waals surface area contributed by atoms with Gasteiger partial charge >= 0.3 is 5.97 Å². The van der Waals surface area contributed by atoms with Gasteiger partial charge in [0.2, 0.25) is 0 Å². The van der Waals surface area contributed by atoms with Crippen molar-refractivity contribution in [1.29, 1.82) is 0 Å². The molecule has 33 heavy (non-hydrogen) atoms. The summed E-state index contributed by atoms with van der Waals surface area (Å²) in [5.74, 6) is 3.64. The molecule has 3 saturated carbocycles. The standard InChI is InChI=1S/C29H44O4/c1-17-8-13-29(31-16-17)18(2)26-25(33-29)15-24-22-7-6-20-14-21(32-19(3)30)9-11-27(20,4)23(22)10-12-28(24,26)5/h6,17-18,21-26H,7-16H2,1-5H3/t17-,18-,21+,22+,23-,24-,25-,26-,27+,28+,29-/m1/s1. The summed E-state index contributed by atoms with van der Waals surface area (Å²) < 4.78 is 19.0. The van der Waals surface area contributed by atoms with Crippen LogP contribution in [0.15, 0.2) is 11.6 Å². The molecule has 0 aromatic carbocycles. The van der Waals surface area contributed by atoms with Gasteiger partial charge in [-0.25, -0.2) is 0 Å². The van der Waals surface area contributed by atoms with E-state index in [0.717, 1.165) is 50.0 Å². The third kappa shape index (κ3) is 3.18. The highest BCUT2D eigenvalue weighted by Gasteiger charge is 2.68. The molecule has 6 aliphatic rings. The molecule has 2 heterocycles. The molecule has 4 nitrogen and oxygen atoms in total. The van der Waals surface area contributed by atoms with E-state index in [-0.39, 0.29) is 23.3 Å². The van der Waals surface area contributed by atoms with Gasteiger partial charge in [0, 0.05) is 25.7 Å². The van der Waals surface area contributed by atoms with Crippen LogP contribution < -0.4 is 0 Å². The fourth-order valence-electron chi connectivity index (χ4n) is 9.98. The maximum atomic E-state index is 11.5. The van der Waals surface area contributed by atoms with Crippen LogP contribution in [0, 0.1) is 46.3 Å². The van der Waals surface area contributed by atoms with Gasteiger partial charge in [-0.3, -0.25) is 4.79 Å². The average Bonchev–Trinajstić information content (AvgIpc) is 3.21. The molecule has 5 fully saturated rings. The van der Waals surface area contributed by atoms with Gasteiger partial charge < -0.3 is 14.2 Å². The first-order chi connectivity index (χ1) is 15.7. The van der Waals surface area contributed by atoms with Crippen molar-refractivity contribution in [3.63, 3.8) is 0 Å². The number of hydrogen-bond donors (Lipinski definition) is 0. The number of esters is 1. The van der Waals surface area contributed by atoms with Crippen molar-refractivity contribution in [2.75, 3.05) is 6.61 Å². The molecule has 4 aliphatic carbocycles. The van der Waals surface area contributed by atoms with Crippen molar-refractivity contribution < 1.29 is 19.0 Å². The van der Waals surface area contributed by atoms with Gasteiger partial charge in [-0.05, 0) is 85.4 Å². The van der Waals surface area contributed by atoms with E-state index >= 15 is 0 Å². The maximum Gasteiger partial charge on any atom is 0.302 e. The molecule has 0 unspecified atom stereocenters. The van der Waals surface area contributed by atoms with Crippen molar-refractivity contribution in [3.8, 4) is 0 Å². The summed E-state index contributed by atoms with van der Waals surface area (Å²) in [6.45, 7) is 12.3. The molecule has 0 bridgehead atoms. The van der Waals surface area contributed by atoms with E-state index in [1.54, 1.807) is 12.5 Å². The lowest BCUT2D eigenvalue weighted by Gasteiger charge is -2.58. The molecular formula is C29H44O4. The molecule has 0 N–H and O–H groups in total. The van der Waals surface area contributed by atoms with E-state index in [1.165, 1.54) is 32.1 Å². The van der Waals surface area contributed by atoms with Gasteiger partial charge in [0.15, 0.2) is 5.79 Å². The lowest BCUT2D eigenvalue weighted by Crippen LogP contribution is -2.52. The van der Waals surface area contributed by atoms with E-state index in [2.05, 4.69) is 33.8 Å². The molecule has 0 aromatic rings. The Hall–Kier alpha value is -0.870. The van der Waals surface area contributed by atoms with Crippen LogP contribution in [0.5, 0.6) is 0 Å². The minimum atomic E-state index is -0.312. The molecule has 6 rings (SSSR count). The van der Waals surface area contributed by atoms with Gasteiger partial charge in [0.1, 0.15) is 6.10 Å². The highest BCUT2D eigenvalue weighted by atomic mass is 16.7. The monoisotopic (exact) mass is 456 g/mol. The molecule has 0 radical (unpaired) electrons. The number of hydrogen-bond acceptors (Lipinski definition) is 4. The number of ether oxygens (including phenoxy) is 3. The highest BCUT2D eigenvalue weighted by molar-refractivity contribution is 5.66. The molecule has 11 atom stereocenters. The van der Waals surface area contributed by atoms with Crippen LogP contribution in [0.1, 0.15) is 92.4 Å². The third-order valence-corrected chi connectivity index (χ3v) is 11.7. The quantitative estimate of drug-likeness (QED) is 0.344. The van der Waals surface area contributed by atoms with Crippen LogP contribution in [0.25, 0.3) is 0 Å².